The van der Waals surface area contributed by atoms with Gasteiger partial charge < -0.3 is 5.32 Å². The Balaban J connectivity index is 2.47. The third-order valence-electron chi connectivity index (χ3n) is 2.22. The molecule has 14 heavy (non-hydrogen) atoms. The number of anilines is 1. The maximum Gasteiger partial charge on any atom is 0.0455 e. The van der Waals surface area contributed by atoms with Gasteiger partial charge in [-0.15, -0.1) is 0 Å². The molecule has 0 aliphatic rings. The Labute approximate surface area is 91.5 Å². The van der Waals surface area contributed by atoms with Crippen LogP contribution in [0.15, 0.2) is 18.2 Å². The zero-order valence-electron chi connectivity index (χ0n) is 9.10. The Hall–Kier alpha value is -0.690. The molecule has 78 valence electrons. The van der Waals surface area contributed by atoms with Crippen LogP contribution in [-0.2, 0) is 0 Å². The van der Waals surface area contributed by atoms with Crippen molar-refractivity contribution in [2.24, 2.45) is 5.92 Å². The van der Waals surface area contributed by atoms with E-state index in [1.54, 1.807) is 0 Å². The van der Waals surface area contributed by atoms with Gasteiger partial charge in [-0.25, -0.2) is 0 Å². The van der Waals surface area contributed by atoms with Gasteiger partial charge in [-0.3, -0.25) is 0 Å². The van der Waals surface area contributed by atoms with Crippen LogP contribution in [0.4, 0.5) is 5.69 Å². The van der Waals surface area contributed by atoms with Crippen LogP contribution in [0.25, 0.3) is 0 Å². The lowest BCUT2D eigenvalue weighted by atomic mass is 10.1. The first kappa shape index (κ1) is 11.4. The van der Waals surface area contributed by atoms with Crippen LogP contribution in [0.3, 0.4) is 0 Å². The molecule has 1 rings (SSSR count). The summed E-state index contributed by atoms with van der Waals surface area (Å²) in [5.74, 6) is 0.739. The fourth-order valence-electron chi connectivity index (χ4n) is 1.21. The molecule has 0 heterocycles. The number of aryl methyl sites for hydroxylation is 1. The van der Waals surface area contributed by atoms with Gasteiger partial charge >= 0.3 is 0 Å². The molecule has 0 aliphatic carbocycles. The molecule has 0 unspecified atom stereocenters. The number of nitrogens with one attached hydrogen (secondary N) is 1. The van der Waals surface area contributed by atoms with Crippen molar-refractivity contribution >= 4 is 17.3 Å². The van der Waals surface area contributed by atoms with E-state index in [0.717, 1.165) is 28.7 Å². The lowest BCUT2D eigenvalue weighted by molar-refractivity contribution is 0.607. The molecule has 1 N–H and O–H groups in total. The third kappa shape index (κ3) is 3.59. The van der Waals surface area contributed by atoms with Crippen molar-refractivity contribution in [3.8, 4) is 0 Å². The molecule has 0 fully saturated rings. The van der Waals surface area contributed by atoms with Gasteiger partial charge in [-0.05, 0) is 37.0 Å². The summed E-state index contributed by atoms with van der Waals surface area (Å²) < 4.78 is 0. The van der Waals surface area contributed by atoms with Gasteiger partial charge in [0.1, 0.15) is 0 Å². The summed E-state index contributed by atoms with van der Waals surface area (Å²) in [4.78, 5) is 0. The average Bonchev–Trinajstić information content (AvgIpc) is 2.10. The Morgan fingerprint density at radius 1 is 1.36 bits per heavy atom. The fourth-order valence-corrected chi connectivity index (χ4v) is 1.39. The Bertz CT molecular complexity index is 294. The molecule has 1 nitrogen and oxygen atoms in total. The summed E-state index contributed by atoms with van der Waals surface area (Å²) in [5.41, 5.74) is 2.24. The van der Waals surface area contributed by atoms with Gasteiger partial charge in [0.2, 0.25) is 0 Å². The summed E-state index contributed by atoms with van der Waals surface area (Å²) in [7, 11) is 0. The van der Waals surface area contributed by atoms with E-state index in [0.29, 0.717) is 0 Å². The van der Waals surface area contributed by atoms with Crippen LogP contribution in [0.2, 0.25) is 5.02 Å². The van der Waals surface area contributed by atoms with Crippen LogP contribution in [-0.4, -0.2) is 6.54 Å². The predicted molar refractivity (Wildman–Crippen MR) is 64.1 cm³/mol. The summed E-state index contributed by atoms with van der Waals surface area (Å²) >= 11 is 6.02. The van der Waals surface area contributed by atoms with Crippen LogP contribution >= 0.6 is 11.6 Å². The summed E-state index contributed by atoms with van der Waals surface area (Å²) in [6, 6.07) is 6.10. The Morgan fingerprint density at radius 3 is 2.64 bits per heavy atom. The zero-order chi connectivity index (χ0) is 10.6. The van der Waals surface area contributed by atoms with Gasteiger partial charge in [-0.1, -0.05) is 31.5 Å². The van der Waals surface area contributed by atoms with E-state index in [9.17, 15) is 0 Å². The summed E-state index contributed by atoms with van der Waals surface area (Å²) in [6.45, 7) is 7.48. The number of halogens is 1. The van der Waals surface area contributed by atoms with Gasteiger partial charge in [0.05, 0.1) is 0 Å². The first-order valence-corrected chi connectivity index (χ1v) is 5.47. The predicted octanol–water partition coefficient (Wildman–Crippen LogP) is 4.11. The van der Waals surface area contributed by atoms with Gasteiger partial charge in [0.15, 0.2) is 0 Å². The topological polar surface area (TPSA) is 12.0 Å². The van der Waals surface area contributed by atoms with Crippen molar-refractivity contribution in [3.05, 3.63) is 28.8 Å². The largest absolute Gasteiger partial charge is 0.385 e. The van der Waals surface area contributed by atoms with Crippen molar-refractivity contribution < 1.29 is 0 Å². The van der Waals surface area contributed by atoms with Crippen LogP contribution in [0.5, 0.6) is 0 Å². The minimum atomic E-state index is 0.739. The zero-order valence-corrected chi connectivity index (χ0v) is 9.86. The summed E-state index contributed by atoms with van der Waals surface area (Å²) in [5, 5.41) is 4.19. The molecular formula is C12H18ClN. The quantitative estimate of drug-likeness (QED) is 0.791. The van der Waals surface area contributed by atoms with Crippen molar-refractivity contribution in [2.75, 3.05) is 11.9 Å². The molecule has 0 bridgehead atoms. The number of hydrogen-bond acceptors (Lipinski definition) is 1. The molecule has 0 saturated carbocycles. The van der Waals surface area contributed by atoms with E-state index in [2.05, 4.69) is 25.2 Å². The maximum atomic E-state index is 6.02. The van der Waals surface area contributed by atoms with E-state index < -0.39 is 0 Å². The second-order valence-corrected chi connectivity index (χ2v) is 4.48. The molecule has 0 aromatic heterocycles. The van der Waals surface area contributed by atoms with Gasteiger partial charge in [0, 0.05) is 17.3 Å². The molecule has 2 heteroatoms. The molecule has 1 aromatic rings. The SMILES string of the molecule is Cc1ccc(NCCC(C)C)cc1Cl. The van der Waals surface area contributed by atoms with Crippen molar-refractivity contribution in [3.63, 3.8) is 0 Å². The van der Waals surface area contributed by atoms with Gasteiger partial charge in [0.25, 0.3) is 0 Å². The highest BCUT2D eigenvalue weighted by Crippen LogP contribution is 2.19. The molecule has 0 amide bonds. The van der Waals surface area contributed by atoms with E-state index in [4.69, 9.17) is 11.6 Å². The molecular weight excluding hydrogens is 194 g/mol. The Morgan fingerprint density at radius 2 is 2.07 bits per heavy atom. The van der Waals surface area contributed by atoms with E-state index in [-0.39, 0.29) is 0 Å². The molecule has 0 aliphatic heterocycles. The van der Waals surface area contributed by atoms with Crippen LogP contribution in [0, 0.1) is 12.8 Å². The standard InChI is InChI=1S/C12H18ClN/c1-9(2)6-7-14-11-5-4-10(3)12(13)8-11/h4-5,8-9,14H,6-7H2,1-3H3. The lowest BCUT2D eigenvalue weighted by Gasteiger charge is -2.09. The van der Waals surface area contributed by atoms with Crippen molar-refractivity contribution in [2.45, 2.75) is 27.2 Å². The molecule has 0 spiro atoms. The maximum absolute atomic E-state index is 6.02. The minimum absolute atomic E-state index is 0.739. The van der Waals surface area contributed by atoms with Crippen LogP contribution < -0.4 is 5.32 Å². The normalized spacial score (nSPS) is 10.6. The smallest absolute Gasteiger partial charge is 0.0455 e. The first-order chi connectivity index (χ1) is 6.59. The van der Waals surface area contributed by atoms with Crippen LogP contribution in [0.1, 0.15) is 25.8 Å². The van der Waals surface area contributed by atoms with E-state index in [1.165, 1.54) is 6.42 Å². The highest BCUT2D eigenvalue weighted by atomic mass is 35.5. The fraction of sp³-hybridized carbons (Fsp3) is 0.500. The Kier molecular flexibility index (Phi) is 4.27. The molecule has 0 saturated heterocycles. The summed E-state index contributed by atoms with van der Waals surface area (Å²) in [6.07, 6.45) is 1.19. The van der Waals surface area contributed by atoms with Gasteiger partial charge in [-0.2, -0.15) is 0 Å². The second-order valence-electron chi connectivity index (χ2n) is 4.07. The average molecular weight is 212 g/mol. The third-order valence-corrected chi connectivity index (χ3v) is 2.63. The number of benzene rings is 1. The van der Waals surface area contributed by atoms with Crippen molar-refractivity contribution in [1.29, 1.82) is 0 Å². The minimum Gasteiger partial charge on any atom is -0.385 e. The number of rotatable bonds is 4. The second kappa shape index (κ2) is 5.26. The van der Waals surface area contributed by atoms with Crippen molar-refractivity contribution in [1.82, 2.24) is 0 Å². The lowest BCUT2D eigenvalue weighted by Crippen LogP contribution is -2.04. The van der Waals surface area contributed by atoms with E-state index >= 15 is 0 Å². The highest BCUT2D eigenvalue weighted by Gasteiger charge is 1.98. The monoisotopic (exact) mass is 211 g/mol. The molecule has 0 atom stereocenters. The number of hydrogen-bond donors (Lipinski definition) is 1. The first-order valence-electron chi connectivity index (χ1n) is 5.09. The highest BCUT2D eigenvalue weighted by molar-refractivity contribution is 6.31. The van der Waals surface area contributed by atoms with E-state index in [1.807, 2.05) is 19.1 Å². The molecule has 1 aromatic carbocycles. The molecule has 0 radical (unpaired) electrons.